The number of pyridine rings is 2. The number of hydrogen-bond acceptors (Lipinski definition) is 3. The molecule has 3 nitrogen and oxygen atoms in total. The smallest absolute Gasteiger partial charge is 0.0846 e. The molecule has 0 aliphatic heterocycles. The van der Waals surface area contributed by atoms with Crippen LogP contribution < -0.4 is 0 Å². The van der Waals surface area contributed by atoms with Crippen LogP contribution in [0.3, 0.4) is 0 Å². The molecule has 94 valence electrons. The van der Waals surface area contributed by atoms with Gasteiger partial charge in [-0.05, 0) is 29.8 Å². The molecule has 3 aromatic rings. The SMILES string of the molecule is OC(Cc1ccc2ccccc2n1)c1ccncc1. The molecule has 1 unspecified atom stereocenters. The monoisotopic (exact) mass is 250 g/mol. The van der Waals surface area contributed by atoms with Gasteiger partial charge in [0.25, 0.3) is 0 Å². The molecule has 3 heteroatoms. The maximum atomic E-state index is 10.2. The summed E-state index contributed by atoms with van der Waals surface area (Å²) in [4.78, 5) is 8.51. The number of hydrogen-bond donors (Lipinski definition) is 1. The predicted molar refractivity (Wildman–Crippen MR) is 74.6 cm³/mol. The molecule has 0 saturated heterocycles. The van der Waals surface area contributed by atoms with Crippen LogP contribution in [0, 0.1) is 0 Å². The van der Waals surface area contributed by atoms with E-state index in [-0.39, 0.29) is 0 Å². The van der Waals surface area contributed by atoms with Crippen molar-refractivity contribution < 1.29 is 5.11 Å². The van der Waals surface area contributed by atoms with Gasteiger partial charge < -0.3 is 5.11 Å². The molecule has 0 aliphatic carbocycles. The fraction of sp³-hybridized carbons (Fsp3) is 0.125. The molecule has 0 bridgehead atoms. The molecular weight excluding hydrogens is 236 g/mol. The van der Waals surface area contributed by atoms with E-state index in [9.17, 15) is 5.11 Å². The molecule has 0 saturated carbocycles. The number of rotatable bonds is 3. The van der Waals surface area contributed by atoms with E-state index in [1.807, 2.05) is 48.5 Å². The zero-order valence-electron chi connectivity index (χ0n) is 10.4. The average Bonchev–Trinajstić information content (AvgIpc) is 2.48. The molecule has 0 spiro atoms. The van der Waals surface area contributed by atoms with E-state index in [0.717, 1.165) is 22.2 Å². The Morgan fingerprint density at radius 1 is 0.947 bits per heavy atom. The van der Waals surface area contributed by atoms with Crippen LogP contribution in [0.15, 0.2) is 60.9 Å². The van der Waals surface area contributed by atoms with Gasteiger partial charge in [-0.1, -0.05) is 24.3 Å². The maximum absolute atomic E-state index is 10.2. The number of fused-ring (bicyclic) bond motifs is 1. The molecule has 0 radical (unpaired) electrons. The van der Waals surface area contributed by atoms with Gasteiger partial charge in [-0.15, -0.1) is 0 Å². The topological polar surface area (TPSA) is 46.0 Å². The summed E-state index contributed by atoms with van der Waals surface area (Å²) in [6.07, 6.45) is 3.34. The summed E-state index contributed by atoms with van der Waals surface area (Å²) in [5.41, 5.74) is 2.72. The highest BCUT2D eigenvalue weighted by Crippen LogP contribution is 2.18. The van der Waals surface area contributed by atoms with Crippen LogP contribution in [0.4, 0.5) is 0 Å². The van der Waals surface area contributed by atoms with Gasteiger partial charge >= 0.3 is 0 Å². The molecule has 0 fully saturated rings. The molecule has 0 amide bonds. The quantitative estimate of drug-likeness (QED) is 0.777. The van der Waals surface area contributed by atoms with Crippen molar-refractivity contribution >= 4 is 10.9 Å². The predicted octanol–water partition coefficient (Wildman–Crippen LogP) is 2.91. The van der Waals surface area contributed by atoms with Crippen molar-refractivity contribution in [1.82, 2.24) is 9.97 Å². The highest BCUT2D eigenvalue weighted by atomic mass is 16.3. The highest BCUT2D eigenvalue weighted by molar-refractivity contribution is 5.78. The van der Waals surface area contributed by atoms with Crippen molar-refractivity contribution in [2.24, 2.45) is 0 Å². The maximum Gasteiger partial charge on any atom is 0.0846 e. The van der Waals surface area contributed by atoms with Crippen molar-refractivity contribution in [1.29, 1.82) is 0 Å². The summed E-state index contributed by atoms with van der Waals surface area (Å²) >= 11 is 0. The van der Waals surface area contributed by atoms with Crippen LogP contribution in [-0.2, 0) is 6.42 Å². The summed E-state index contributed by atoms with van der Waals surface area (Å²) in [5.74, 6) is 0. The minimum absolute atomic E-state index is 0.509. The van der Waals surface area contributed by atoms with Gasteiger partial charge in [-0.3, -0.25) is 9.97 Å². The van der Waals surface area contributed by atoms with E-state index in [1.54, 1.807) is 12.4 Å². The summed E-state index contributed by atoms with van der Waals surface area (Å²) in [7, 11) is 0. The third-order valence-corrected chi connectivity index (χ3v) is 3.15. The van der Waals surface area contributed by atoms with Crippen molar-refractivity contribution in [3.8, 4) is 0 Å². The van der Waals surface area contributed by atoms with E-state index in [0.29, 0.717) is 6.42 Å². The lowest BCUT2D eigenvalue weighted by atomic mass is 10.1. The Kier molecular flexibility index (Phi) is 3.21. The fourth-order valence-corrected chi connectivity index (χ4v) is 2.12. The van der Waals surface area contributed by atoms with Crippen molar-refractivity contribution in [2.45, 2.75) is 12.5 Å². The summed E-state index contributed by atoms with van der Waals surface area (Å²) in [6.45, 7) is 0. The van der Waals surface area contributed by atoms with Crippen molar-refractivity contribution in [3.63, 3.8) is 0 Å². The number of benzene rings is 1. The fourth-order valence-electron chi connectivity index (χ4n) is 2.12. The summed E-state index contributed by atoms with van der Waals surface area (Å²) < 4.78 is 0. The first-order valence-corrected chi connectivity index (χ1v) is 6.25. The first-order valence-electron chi connectivity index (χ1n) is 6.25. The number of para-hydroxylation sites is 1. The minimum Gasteiger partial charge on any atom is -0.388 e. The van der Waals surface area contributed by atoms with Crippen LogP contribution in [0.1, 0.15) is 17.4 Å². The lowest BCUT2D eigenvalue weighted by molar-refractivity contribution is 0.177. The molecule has 1 N–H and O–H groups in total. The van der Waals surface area contributed by atoms with Gasteiger partial charge in [-0.2, -0.15) is 0 Å². The Bertz CT molecular complexity index is 682. The Morgan fingerprint density at radius 3 is 2.58 bits per heavy atom. The van der Waals surface area contributed by atoms with E-state index < -0.39 is 6.10 Å². The Balaban J connectivity index is 1.85. The number of nitrogens with zero attached hydrogens (tertiary/aromatic N) is 2. The number of aliphatic hydroxyl groups excluding tert-OH is 1. The zero-order chi connectivity index (χ0) is 13.1. The number of aliphatic hydroxyl groups is 1. The molecule has 1 atom stereocenters. The van der Waals surface area contributed by atoms with Gasteiger partial charge in [0.2, 0.25) is 0 Å². The van der Waals surface area contributed by atoms with E-state index in [4.69, 9.17) is 0 Å². The average molecular weight is 250 g/mol. The molecule has 0 aliphatic rings. The second kappa shape index (κ2) is 5.16. The minimum atomic E-state index is -0.545. The molecule has 1 aromatic carbocycles. The van der Waals surface area contributed by atoms with Gasteiger partial charge in [-0.25, -0.2) is 0 Å². The third kappa shape index (κ3) is 2.61. The Morgan fingerprint density at radius 2 is 1.74 bits per heavy atom. The Hall–Kier alpha value is -2.26. The molecule has 2 aromatic heterocycles. The number of aromatic nitrogens is 2. The lowest BCUT2D eigenvalue weighted by Gasteiger charge is -2.10. The van der Waals surface area contributed by atoms with Gasteiger partial charge in [0, 0.05) is 29.9 Å². The van der Waals surface area contributed by atoms with Crippen LogP contribution in [0.5, 0.6) is 0 Å². The normalized spacial score (nSPS) is 12.5. The van der Waals surface area contributed by atoms with E-state index >= 15 is 0 Å². The van der Waals surface area contributed by atoms with Crippen LogP contribution >= 0.6 is 0 Å². The second-order valence-electron chi connectivity index (χ2n) is 4.50. The van der Waals surface area contributed by atoms with E-state index in [2.05, 4.69) is 9.97 Å². The third-order valence-electron chi connectivity index (χ3n) is 3.15. The second-order valence-corrected chi connectivity index (χ2v) is 4.50. The van der Waals surface area contributed by atoms with Crippen LogP contribution in [0.2, 0.25) is 0 Å². The van der Waals surface area contributed by atoms with Crippen LogP contribution in [-0.4, -0.2) is 15.1 Å². The zero-order valence-corrected chi connectivity index (χ0v) is 10.4. The first-order chi connectivity index (χ1) is 9.33. The molecular formula is C16H14N2O. The molecule has 19 heavy (non-hydrogen) atoms. The highest BCUT2D eigenvalue weighted by Gasteiger charge is 2.09. The van der Waals surface area contributed by atoms with Gasteiger partial charge in [0.15, 0.2) is 0 Å². The van der Waals surface area contributed by atoms with Crippen LogP contribution in [0.25, 0.3) is 10.9 Å². The largest absolute Gasteiger partial charge is 0.388 e. The first kappa shape index (κ1) is 11.8. The Labute approximate surface area is 111 Å². The van der Waals surface area contributed by atoms with Gasteiger partial charge in [0.05, 0.1) is 11.6 Å². The van der Waals surface area contributed by atoms with Crippen molar-refractivity contribution in [3.05, 3.63) is 72.2 Å². The molecule has 2 heterocycles. The standard InChI is InChI=1S/C16H14N2O/c19-16(13-7-9-17-10-8-13)11-14-6-5-12-3-1-2-4-15(12)18-14/h1-10,16,19H,11H2. The summed E-state index contributed by atoms with van der Waals surface area (Å²) in [6, 6.07) is 15.6. The summed E-state index contributed by atoms with van der Waals surface area (Å²) in [5, 5.41) is 11.3. The molecule has 3 rings (SSSR count). The van der Waals surface area contributed by atoms with Gasteiger partial charge in [0.1, 0.15) is 0 Å². The lowest BCUT2D eigenvalue weighted by Crippen LogP contribution is -2.03. The van der Waals surface area contributed by atoms with E-state index in [1.165, 1.54) is 0 Å². The van der Waals surface area contributed by atoms with Crippen molar-refractivity contribution in [2.75, 3.05) is 0 Å².